The molecule has 0 atom stereocenters. The van der Waals surface area contributed by atoms with E-state index in [1.54, 1.807) is 0 Å². The van der Waals surface area contributed by atoms with E-state index in [0.29, 0.717) is 0 Å². The van der Waals surface area contributed by atoms with E-state index < -0.39 is 10.7 Å². The Balaban J connectivity index is 3.51. The molecule has 0 spiro atoms. The van der Waals surface area contributed by atoms with Crippen LogP contribution in [0, 0.1) is 6.26 Å². The molecule has 2 nitrogen and oxygen atoms in total. The summed E-state index contributed by atoms with van der Waals surface area (Å²) in [5, 5.41) is 0. The maximum atomic E-state index is 8.93. The zero-order chi connectivity index (χ0) is 3.58. The van der Waals surface area contributed by atoms with E-state index >= 15 is 0 Å². The quantitative estimate of drug-likeness (QED) is 0.393. The highest BCUT2D eigenvalue weighted by Crippen LogP contribution is 1.37. The molecule has 0 unspecified atom stereocenters. The predicted molar refractivity (Wildman–Crippen MR) is 15.7 cm³/mol. The molecule has 0 heterocycles. The van der Waals surface area contributed by atoms with Gasteiger partial charge in [0.05, 0.1) is 6.26 Å². The molecule has 0 amide bonds. The van der Waals surface area contributed by atoms with Crippen LogP contribution < -0.4 is 0 Å². The maximum absolute atomic E-state index is 8.93. The van der Waals surface area contributed by atoms with Crippen LogP contribution in [0.25, 0.3) is 0 Å². The monoisotopic (exact) mass is 79.0 g/mol. The first-order chi connectivity index (χ1) is 1.73. The minimum absolute atomic E-state index is 2.37. The van der Waals surface area contributed by atoms with Gasteiger partial charge in [0, 0.05) is 0 Å². The first-order valence-electron chi connectivity index (χ1n) is 0.681. The van der Waals surface area contributed by atoms with Crippen molar-refractivity contribution in [3.05, 3.63) is 6.26 Å². The smallest absolute Gasteiger partial charge is 0.141 e. The van der Waals surface area contributed by atoms with Gasteiger partial charge in [-0.25, -0.2) is 8.42 Å². The Bertz CT molecular complexity index is 54.4. The van der Waals surface area contributed by atoms with Crippen LogP contribution in [-0.2, 0) is 10.7 Å². The predicted octanol–water partition coefficient (Wildman–Crippen LogP) is -0.611. The van der Waals surface area contributed by atoms with Crippen molar-refractivity contribution in [2.75, 3.05) is 0 Å². The fourth-order valence-corrected chi connectivity index (χ4v) is 0. The summed E-state index contributed by atoms with van der Waals surface area (Å²) in [5.74, 6) is 0. The van der Waals surface area contributed by atoms with Crippen molar-refractivity contribution in [2.24, 2.45) is 0 Å². The molecule has 0 aliphatic heterocycles. The summed E-state index contributed by atoms with van der Waals surface area (Å²) in [5.41, 5.74) is 0. The van der Waals surface area contributed by atoms with Gasteiger partial charge in [-0.2, -0.15) is 0 Å². The van der Waals surface area contributed by atoms with E-state index in [4.69, 9.17) is 8.42 Å². The minimum Gasteiger partial charge on any atom is -0.232 e. The molecule has 0 bridgehead atoms. The van der Waals surface area contributed by atoms with Crippen LogP contribution >= 0.6 is 0 Å². The van der Waals surface area contributed by atoms with Crippen LogP contribution in [0.15, 0.2) is 0 Å². The summed E-state index contributed by atoms with van der Waals surface area (Å²) in [6, 6.07) is 0. The topological polar surface area (TPSA) is 34.1 Å². The van der Waals surface area contributed by atoms with Gasteiger partial charge in [0.15, 0.2) is 0 Å². The first kappa shape index (κ1) is 3.95. The van der Waals surface area contributed by atoms with Gasteiger partial charge in [-0.05, 0) is 0 Å². The van der Waals surface area contributed by atoms with Crippen molar-refractivity contribution < 1.29 is 8.42 Å². The largest absolute Gasteiger partial charge is 0.232 e. The van der Waals surface area contributed by atoms with Gasteiger partial charge in [-0.15, -0.1) is 0 Å². The molecule has 0 rings (SSSR count). The number of thiol groups is 1. The summed E-state index contributed by atoms with van der Waals surface area (Å²) in [4.78, 5) is 0. The first-order valence-corrected chi connectivity index (χ1v) is 2.04. The molecule has 0 N–H and O–H groups in total. The molecular formula is CH3O2S. The molecule has 4 heavy (non-hydrogen) atoms. The van der Waals surface area contributed by atoms with Crippen molar-refractivity contribution in [1.29, 1.82) is 0 Å². The Morgan fingerprint density at radius 3 is 1.50 bits per heavy atom. The zero-order valence-electron chi connectivity index (χ0n) is 1.97. The van der Waals surface area contributed by atoms with Gasteiger partial charge >= 0.3 is 0 Å². The average Bonchev–Trinajstić information content (AvgIpc) is 0.811. The number of hydrogen-bond acceptors (Lipinski definition) is 2. The van der Waals surface area contributed by atoms with Crippen LogP contribution in [0.5, 0.6) is 0 Å². The van der Waals surface area contributed by atoms with E-state index in [0.717, 1.165) is 0 Å². The SMILES string of the molecule is [CH2][SH](=O)=O. The molecule has 0 aliphatic carbocycles. The van der Waals surface area contributed by atoms with Crippen molar-refractivity contribution >= 4 is 10.7 Å². The summed E-state index contributed by atoms with van der Waals surface area (Å²) >= 11 is 0. The highest BCUT2D eigenvalue weighted by atomic mass is 32.2. The molecule has 0 saturated heterocycles. The Kier molecular flexibility index (Phi) is 1.27. The third kappa shape index (κ3) is 704. The molecule has 0 fully saturated rings. The summed E-state index contributed by atoms with van der Waals surface area (Å²) < 4.78 is 17.9. The highest BCUT2D eigenvalue weighted by Gasteiger charge is 1.45. The molecule has 0 aromatic heterocycles. The van der Waals surface area contributed by atoms with Crippen LogP contribution in [-0.4, -0.2) is 8.42 Å². The van der Waals surface area contributed by atoms with Crippen molar-refractivity contribution in [1.82, 2.24) is 0 Å². The molecule has 0 aliphatic rings. The normalized spacial score (nSPS) is 8.50. The second-order valence-electron chi connectivity index (χ2n) is 0.333. The summed E-state index contributed by atoms with van der Waals surface area (Å²) in [6.45, 7) is 0. The standard InChI is InChI=1S/CH3O2S/c1-4(2)3/h4H,1H2. The number of hydrogen-bond donors (Lipinski definition) is 1. The minimum atomic E-state index is -2.37. The second-order valence-corrected chi connectivity index (χ2v) is 0.998. The molecule has 25 valence electrons. The van der Waals surface area contributed by atoms with Gasteiger partial charge < -0.3 is 0 Å². The molecular weight excluding hydrogens is 76.1 g/mol. The Morgan fingerprint density at radius 2 is 1.50 bits per heavy atom. The van der Waals surface area contributed by atoms with E-state index in [1.165, 1.54) is 0 Å². The Morgan fingerprint density at radius 1 is 1.50 bits per heavy atom. The van der Waals surface area contributed by atoms with E-state index in [9.17, 15) is 0 Å². The lowest BCUT2D eigenvalue weighted by atomic mass is 12.0. The Hall–Kier alpha value is -0.0500. The third-order valence-corrected chi connectivity index (χ3v) is 0. The van der Waals surface area contributed by atoms with E-state index in [1.807, 2.05) is 0 Å². The third-order valence-electron chi connectivity index (χ3n) is 0. The van der Waals surface area contributed by atoms with Crippen LogP contribution in [0.2, 0.25) is 0 Å². The summed E-state index contributed by atoms with van der Waals surface area (Å²) in [7, 11) is -2.37. The van der Waals surface area contributed by atoms with Crippen molar-refractivity contribution in [3.8, 4) is 0 Å². The van der Waals surface area contributed by atoms with Gasteiger partial charge in [-0.3, -0.25) is 0 Å². The zero-order valence-corrected chi connectivity index (χ0v) is 2.87. The lowest BCUT2D eigenvalue weighted by Crippen LogP contribution is -1.50. The summed E-state index contributed by atoms with van der Waals surface area (Å²) in [6.07, 6.45) is 2.59. The van der Waals surface area contributed by atoms with Gasteiger partial charge in [0.25, 0.3) is 0 Å². The second kappa shape index (κ2) is 1.29. The fraction of sp³-hybridized carbons (Fsp3) is 0. The molecule has 0 saturated carbocycles. The van der Waals surface area contributed by atoms with Gasteiger partial charge in [0.1, 0.15) is 10.7 Å². The average molecular weight is 79.1 g/mol. The van der Waals surface area contributed by atoms with Crippen LogP contribution in [0.4, 0.5) is 0 Å². The lowest BCUT2D eigenvalue weighted by Gasteiger charge is -1.40. The van der Waals surface area contributed by atoms with Crippen molar-refractivity contribution in [3.63, 3.8) is 0 Å². The molecule has 0 aromatic carbocycles. The van der Waals surface area contributed by atoms with Crippen LogP contribution in [0.1, 0.15) is 0 Å². The Labute approximate surface area is 26.4 Å². The maximum Gasteiger partial charge on any atom is 0.141 e. The molecule has 0 aromatic rings. The van der Waals surface area contributed by atoms with E-state index in [-0.39, 0.29) is 0 Å². The van der Waals surface area contributed by atoms with Gasteiger partial charge in [0.2, 0.25) is 0 Å². The number of rotatable bonds is 0. The molecule has 1 radical (unpaired) electrons. The molecule has 3 heteroatoms. The fourth-order valence-electron chi connectivity index (χ4n) is 0. The van der Waals surface area contributed by atoms with Crippen molar-refractivity contribution in [2.45, 2.75) is 0 Å². The van der Waals surface area contributed by atoms with Gasteiger partial charge in [-0.1, -0.05) is 0 Å². The van der Waals surface area contributed by atoms with E-state index in [2.05, 4.69) is 6.26 Å². The van der Waals surface area contributed by atoms with Crippen LogP contribution in [0.3, 0.4) is 0 Å². The highest BCUT2D eigenvalue weighted by molar-refractivity contribution is 7.73. The lowest BCUT2D eigenvalue weighted by molar-refractivity contribution is 0.621.